The van der Waals surface area contributed by atoms with Crippen LogP contribution in [0.3, 0.4) is 0 Å². The van der Waals surface area contributed by atoms with Crippen molar-refractivity contribution in [3.05, 3.63) is 60.8 Å². The van der Waals surface area contributed by atoms with Gasteiger partial charge in [0.15, 0.2) is 18.9 Å². The van der Waals surface area contributed by atoms with E-state index < -0.39 is 124 Å². The lowest BCUT2D eigenvalue weighted by Crippen LogP contribution is -2.66. The van der Waals surface area contributed by atoms with Gasteiger partial charge in [0.25, 0.3) is 0 Å². The number of ether oxygens (including phenoxy) is 6. The van der Waals surface area contributed by atoms with Crippen molar-refractivity contribution in [2.45, 2.75) is 394 Å². The molecule has 19 heteroatoms. The summed E-state index contributed by atoms with van der Waals surface area (Å²) in [6, 6.07) is -0.996. The van der Waals surface area contributed by atoms with Crippen molar-refractivity contribution in [2.24, 2.45) is 0 Å². The molecule has 0 spiro atoms. The molecule has 17 unspecified atom stereocenters. The normalized spacial score (nSPS) is 27.4. The van der Waals surface area contributed by atoms with E-state index in [2.05, 4.69) is 67.8 Å². The molecule has 3 aliphatic rings. The molecule has 0 radical (unpaired) electrons. The van der Waals surface area contributed by atoms with Crippen molar-refractivity contribution in [1.29, 1.82) is 0 Å². The van der Waals surface area contributed by atoms with Crippen LogP contribution in [-0.2, 0) is 33.2 Å². The minimum absolute atomic E-state index is 0.229. The van der Waals surface area contributed by atoms with E-state index in [1.807, 2.05) is 6.08 Å². The van der Waals surface area contributed by atoms with Crippen LogP contribution in [0.1, 0.15) is 290 Å². The van der Waals surface area contributed by atoms with Gasteiger partial charge in [-0.15, -0.1) is 0 Å². The van der Waals surface area contributed by atoms with Gasteiger partial charge in [-0.25, -0.2) is 0 Å². The summed E-state index contributed by atoms with van der Waals surface area (Å²) in [4.78, 5) is 13.4. The number of hydrogen-bond donors (Lipinski definition) is 12. The molecule has 3 fully saturated rings. The summed E-state index contributed by atoms with van der Waals surface area (Å²) in [5, 5.41) is 121. The lowest BCUT2D eigenvalue weighted by molar-refractivity contribution is -0.379. The molecule has 3 aliphatic heterocycles. The van der Waals surface area contributed by atoms with Gasteiger partial charge in [-0.3, -0.25) is 4.79 Å². The first-order chi connectivity index (χ1) is 46.8. The number of allylic oxidation sites excluding steroid dienone is 9. The second-order valence-electron chi connectivity index (χ2n) is 27.5. The molecule has 12 N–H and O–H groups in total. The van der Waals surface area contributed by atoms with Crippen LogP contribution < -0.4 is 5.32 Å². The molecule has 560 valence electrons. The number of amides is 1. The second-order valence-corrected chi connectivity index (χ2v) is 27.5. The lowest BCUT2D eigenvalue weighted by Gasteiger charge is -2.48. The number of aliphatic hydroxyl groups is 11. The predicted molar refractivity (Wildman–Crippen MR) is 379 cm³/mol. The largest absolute Gasteiger partial charge is 0.394 e. The molecule has 0 aliphatic carbocycles. The first kappa shape index (κ1) is 87.7. The minimum Gasteiger partial charge on any atom is -0.394 e. The molecule has 0 saturated carbocycles. The number of unbranched alkanes of at least 4 members (excludes halogenated alkanes) is 36. The highest BCUT2D eigenvalue weighted by Gasteiger charge is 2.53. The van der Waals surface area contributed by atoms with Crippen molar-refractivity contribution in [3.63, 3.8) is 0 Å². The highest BCUT2D eigenvalue weighted by atomic mass is 16.8. The van der Waals surface area contributed by atoms with E-state index in [1.165, 1.54) is 193 Å². The molecule has 3 heterocycles. The number of carbonyl (C=O) groups is 1. The molecule has 0 aromatic carbocycles. The van der Waals surface area contributed by atoms with E-state index >= 15 is 0 Å². The number of aliphatic hydroxyl groups excluding tert-OH is 11. The third-order valence-electron chi connectivity index (χ3n) is 19.0. The molecule has 96 heavy (non-hydrogen) atoms. The quantitative estimate of drug-likeness (QED) is 0.0199. The van der Waals surface area contributed by atoms with E-state index in [0.29, 0.717) is 12.8 Å². The topological polar surface area (TPSA) is 307 Å². The van der Waals surface area contributed by atoms with E-state index in [1.54, 1.807) is 6.08 Å². The molecule has 3 rings (SSSR count). The number of hydrogen-bond acceptors (Lipinski definition) is 18. The molecule has 0 aromatic rings. The Kier molecular flexibility index (Phi) is 53.0. The predicted octanol–water partition coefficient (Wildman–Crippen LogP) is 11.9. The van der Waals surface area contributed by atoms with E-state index in [4.69, 9.17) is 28.4 Å². The van der Waals surface area contributed by atoms with Crippen molar-refractivity contribution >= 4 is 5.91 Å². The molecule has 17 atom stereocenters. The Morgan fingerprint density at radius 3 is 1.11 bits per heavy atom. The van der Waals surface area contributed by atoms with Gasteiger partial charge in [-0.2, -0.15) is 0 Å². The third kappa shape index (κ3) is 38.5. The summed E-state index contributed by atoms with van der Waals surface area (Å²) in [7, 11) is 0. The smallest absolute Gasteiger partial charge is 0.220 e. The van der Waals surface area contributed by atoms with Gasteiger partial charge in [-0.1, -0.05) is 274 Å². The van der Waals surface area contributed by atoms with Gasteiger partial charge < -0.3 is 89.9 Å². The fraction of sp³-hybridized carbons (Fsp3) is 0.857. The Morgan fingerprint density at radius 2 is 0.698 bits per heavy atom. The number of rotatable bonds is 60. The number of nitrogens with one attached hydrogen (secondary N) is 1. The van der Waals surface area contributed by atoms with Crippen LogP contribution in [0.2, 0.25) is 0 Å². The van der Waals surface area contributed by atoms with Crippen LogP contribution in [0.4, 0.5) is 0 Å². The van der Waals surface area contributed by atoms with E-state index in [9.17, 15) is 61.0 Å². The summed E-state index contributed by atoms with van der Waals surface area (Å²) in [5.74, 6) is -0.288. The first-order valence-electron chi connectivity index (χ1n) is 38.5. The van der Waals surface area contributed by atoms with Gasteiger partial charge in [0.2, 0.25) is 5.91 Å². The van der Waals surface area contributed by atoms with Crippen molar-refractivity contribution < 1.29 is 89.4 Å². The highest BCUT2D eigenvalue weighted by Crippen LogP contribution is 2.33. The Morgan fingerprint density at radius 1 is 0.375 bits per heavy atom. The average molecular weight is 1370 g/mol. The summed E-state index contributed by atoms with van der Waals surface area (Å²) in [5.41, 5.74) is 0. The van der Waals surface area contributed by atoms with Crippen molar-refractivity contribution in [3.8, 4) is 0 Å². The van der Waals surface area contributed by atoms with Crippen LogP contribution in [0, 0.1) is 0 Å². The maximum Gasteiger partial charge on any atom is 0.220 e. The summed E-state index contributed by atoms with van der Waals surface area (Å²) >= 11 is 0. The van der Waals surface area contributed by atoms with Crippen LogP contribution >= 0.6 is 0 Å². The van der Waals surface area contributed by atoms with E-state index in [-0.39, 0.29) is 18.9 Å². The van der Waals surface area contributed by atoms with Crippen molar-refractivity contribution in [1.82, 2.24) is 5.32 Å². The lowest BCUT2D eigenvalue weighted by atomic mass is 9.96. The molecular weight excluding hydrogens is 1230 g/mol. The molecule has 0 aromatic heterocycles. The van der Waals surface area contributed by atoms with Gasteiger partial charge in [0.1, 0.15) is 73.2 Å². The van der Waals surface area contributed by atoms with Crippen LogP contribution in [0.25, 0.3) is 0 Å². The fourth-order valence-electron chi connectivity index (χ4n) is 12.8. The van der Waals surface area contributed by atoms with Crippen LogP contribution in [0.15, 0.2) is 60.8 Å². The Bertz CT molecular complexity index is 1970. The minimum atomic E-state index is -1.98. The van der Waals surface area contributed by atoms with Gasteiger partial charge in [-0.05, 0) is 70.6 Å². The molecule has 0 bridgehead atoms. The zero-order valence-electron chi connectivity index (χ0n) is 59.6. The first-order valence-corrected chi connectivity index (χ1v) is 38.5. The SMILES string of the molecule is CCCCCCC/C=C\C/C=C\C/C=C\CCCCCCCCCCCCC(=O)NC(COC1OC(CO)C(OC2OC(CO)C(OC3OC(CO)C(O)C(O)C3O)C(O)C2O)C(O)C1O)C(O)/C=C/CC/C=C/CCCCCCCCCCCCCCCCCCCCCC. The zero-order valence-corrected chi connectivity index (χ0v) is 59.6. The second kappa shape index (κ2) is 58.0. The standard InChI is InChI=1S/C77H139NO18/c1-3-5-7-9-11-13-15-17-19-21-23-25-27-29-31-32-34-36-38-40-42-44-46-48-50-52-54-61(82)60(78-65(83)55-53-51-49-47-45-43-41-39-37-35-33-30-28-26-24-22-20-18-16-14-12-10-8-6-4-2)59-91-75-71(89)68(86)73(63(57-80)93-75)96-77-72(90)69(87)74(64(58-81)94-77)95-76-70(88)67(85)66(84)62(56-79)92-76/h16,18,22,24,28,30,44,46,52,54,60-64,66-77,79-82,84-90H,3-15,17,19-21,23,25-27,29,31-43,45,47-51,53,55-59H2,1-2H3,(H,78,83)/b18-16-,24-22-,30-28-,46-44+,54-52+. The molecular formula is C77H139NO18. The van der Waals surface area contributed by atoms with Gasteiger partial charge in [0, 0.05) is 6.42 Å². The monoisotopic (exact) mass is 1370 g/mol. The fourth-order valence-corrected chi connectivity index (χ4v) is 12.8. The number of carbonyl (C=O) groups excluding carboxylic acids is 1. The Hall–Kier alpha value is -2.51. The maximum atomic E-state index is 13.4. The van der Waals surface area contributed by atoms with Crippen LogP contribution in [-0.4, -0.2) is 193 Å². The summed E-state index contributed by atoms with van der Waals surface area (Å²) in [6.45, 7) is 1.73. The van der Waals surface area contributed by atoms with E-state index in [0.717, 1.165) is 64.2 Å². The van der Waals surface area contributed by atoms with Crippen molar-refractivity contribution in [2.75, 3.05) is 26.4 Å². The third-order valence-corrected chi connectivity index (χ3v) is 19.0. The molecule has 1 amide bonds. The average Bonchev–Trinajstić information content (AvgIpc) is 0.788. The molecule has 19 nitrogen and oxygen atoms in total. The van der Waals surface area contributed by atoms with Gasteiger partial charge >= 0.3 is 0 Å². The van der Waals surface area contributed by atoms with Crippen LogP contribution in [0.5, 0.6) is 0 Å². The summed E-state index contributed by atoms with van der Waals surface area (Å²) in [6.07, 6.45) is 46.3. The highest BCUT2D eigenvalue weighted by molar-refractivity contribution is 5.76. The summed E-state index contributed by atoms with van der Waals surface area (Å²) < 4.78 is 34.4. The Labute approximate surface area is 579 Å². The van der Waals surface area contributed by atoms with Gasteiger partial charge in [0.05, 0.1) is 38.6 Å². The maximum absolute atomic E-state index is 13.4. The Balaban J connectivity index is 1.42. The zero-order chi connectivity index (χ0) is 69.6. The molecule has 3 saturated heterocycles.